The van der Waals surface area contributed by atoms with Gasteiger partial charge in [0.2, 0.25) is 0 Å². The number of hydrogen-bond acceptors (Lipinski definition) is 5. The molecular weight excluding hydrogens is 239 g/mol. The number of nitro benzene ring substituents is 2. The number of nitro groups is 2. The van der Waals surface area contributed by atoms with Crippen molar-refractivity contribution in [3.8, 4) is 0 Å². The summed E-state index contributed by atoms with van der Waals surface area (Å²) in [7, 11) is 0. The Hall–Kier alpha value is -2.58. The van der Waals surface area contributed by atoms with Gasteiger partial charge in [-0.3, -0.25) is 25.0 Å². The van der Waals surface area contributed by atoms with Crippen molar-refractivity contribution >= 4 is 17.3 Å². The average molecular weight is 244 g/mol. The van der Waals surface area contributed by atoms with E-state index in [4.69, 9.17) is 5.11 Å². The summed E-state index contributed by atoms with van der Waals surface area (Å²) < 4.78 is 12.9. The molecule has 0 atom stereocenters. The second-order valence-corrected chi connectivity index (χ2v) is 3.01. The molecule has 1 N–H and O–H groups in total. The average Bonchev–Trinajstić information content (AvgIpc) is 2.18. The van der Waals surface area contributed by atoms with E-state index in [0.29, 0.717) is 12.1 Å². The molecular formula is C8H5FN2O6. The van der Waals surface area contributed by atoms with Crippen LogP contribution in [0.4, 0.5) is 15.8 Å². The third kappa shape index (κ3) is 2.71. The maximum absolute atomic E-state index is 12.9. The van der Waals surface area contributed by atoms with Crippen molar-refractivity contribution in [1.29, 1.82) is 0 Å². The Bertz CT molecular complexity index is 480. The zero-order chi connectivity index (χ0) is 13.2. The second-order valence-electron chi connectivity index (χ2n) is 3.01. The first-order chi connectivity index (χ1) is 7.82. The number of aliphatic carboxylic acids is 1. The molecule has 17 heavy (non-hydrogen) atoms. The van der Waals surface area contributed by atoms with Gasteiger partial charge in [-0.15, -0.1) is 0 Å². The minimum atomic E-state index is -1.48. The van der Waals surface area contributed by atoms with Crippen molar-refractivity contribution in [2.24, 2.45) is 0 Å². The molecule has 9 heteroatoms. The van der Waals surface area contributed by atoms with Gasteiger partial charge in [0, 0.05) is 0 Å². The predicted octanol–water partition coefficient (Wildman–Crippen LogP) is 1.27. The van der Waals surface area contributed by atoms with E-state index in [1.54, 1.807) is 0 Å². The maximum Gasteiger partial charge on any atom is 0.308 e. The Kier molecular flexibility index (Phi) is 3.31. The van der Waals surface area contributed by atoms with E-state index in [9.17, 15) is 29.4 Å². The summed E-state index contributed by atoms with van der Waals surface area (Å²) in [4.78, 5) is 29.4. The van der Waals surface area contributed by atoms with Crippen molar-refractivity contribution in [2.75, 3.05) is 0 Å². The molecule has 90 valence electrons. The molecule has 0 aliphatic rings. The van der Waals surface area contributed by atoms with Gasteiger partial charge in [0.05, 0.1) is 28.4 Å². The largest absolute Gasteiger partial charge is 0.481 e. The first-order valence-electron chi connectivity index (χ1n) is 4.16. The van der Waals surface area contributed by atoms with Crippen LogP contribution in [0, 0.1) is 26.0 Å². The molecule has 0 radical (unpaired) electrons. The zero-order valence-electron chi connectivity index (χ0n) is 8.12. The summed E-state index contributed by atoms with van der Waals surface area (Å²) in [5.74, 6) is -2.65. The molecule has 1 aromatic rings. The summed E-state index contributed by atoms with van der Waals surface area (Å²) in [6.07, 6.45) is -0.924. The SMILES string of the molecule is O=C(O)Cc1c([N+](=O)[O-])cc(F)cc1[N+](=O)[O-]. The fourth-order valence-corrected chi connectivity index (χ4v) is 1.27. The molecule has 0 heterocycles. The smallest absolute Gasteiger partial charge is 0.308 e. The summed E-state index contributed by atoms with van der Waals surface area (Å²) in [5.41, 5.74) is -2.47. The van der Waals surface area contributed by atoms with E-state index in [1.165, 1.54) is 0 Å². The van der Waals surface area contributed by atoms with Gasteiger partial charge < -0.3 is 5.11 Å². The zero-order valence-corrected chi connectivity index (χ0v) is 8.12. The number of halogens is 1. The number of carboxylic acids is 1. The highest BCUT2D eigenvalue weighted by molar-refractivity contribution is 5.74. The lowest BCUT2D eigenvalue weighted by Crippen LogP contribution is -2.07. The topological polar surface area (TPSA) is 124 Å². The fourth-order valence-electron chi connectivity index (χ4n) is 1.27. The molecule has 0 aromatic heterocycles. The highest BCUT2D eigenvalue weighted by atomic mass is 19.1. The van der Waals surface area contributed by atoms with Gasteiger partial charge in [0.1, 0.15) is 11.4 Å². The monoisotopic (exact) mass is 244 g/mol. The van der Waals surface area contributed by atoms with Crippen LogP contribution >= 0.6 is 0 Å². The molecule has 1 rings (SSSR count). The molecule has 0 fully saturated rings. The Morgan fingerprint density at radius 3 is 1.94 bits per heavy atom. The molecule has 0 aliphatic heterocycles. The molecule has 0 saturated heterocycles. The molecule has 0 unspecified atom stereocenters. The molecule has 0 bridgehead atoms. The lowest BCUT2D eigenvalue weighted by molar-refractivity contribution is -0.395. The van der Waals surface area contributed by atoms with E-state index >= 15 is 0 Å². The first kappa shape index (κ1) is 12.5. The second kappa shape index (κ2) is 4.51. The third-order valence-corrected chi connectivity index (χ3v) is 1.89. The van der Waals surface area contributed by atoms with Crippen LogP contribution in [-0.4, -0.2) is 20.9 Å². The van der Waals surface area contributed by atoms with Crippen molar-refractivity contribution in [2.45, 2.75) is 6.42 Å². The van der Waals surface area contributed by atoms with Crippen LogP contribution in [0.25, 0.3) is 0 Å². The van der Waals surface area contributed by atoms with E-state index in [2.05, 4.69) is 0 Å². The third-order valence-electron chi connectivity index (χ3n) is 1.89. The summed E-state index contributed by atoms with van der Waals surface area (Å²) in [5, 5.41) is 29.6. The van der Waals surface area contributed by atoms with Crippen molar-refractivity contribution in [3.63, 3.8) is 0 Å². The number of carbonyl (C=O) groups is 1. The molecule has 8 nitrogen and oxygen atoms in total. The highest BCUT2D eigenvalue weighted by Gasteiger charge is 2.28. The van der Waals surface area contributed by atoms with Gasteiger partial charge >= 0.3 is 5.97 Å². The minimum absolute atomic E-state index is 0.450. The lowest BCUT2D eigenvalue weighted by Gasteiger charge is -2.02. The van der Waals surface area contributed by atoms with Crippen molar-refractivity contribution < 1.29 is 24.1 Å². The predicted molar refractivity (Wildman–Crippen MR) is 51.0 cm³/mol. The Balaban J connectivity index is 3.52. The van der Waals surface area contributed by atoms with Gasteiger partial charge in [-0.05, 0) is 0 Å². The van der Waals surface area contributed by atoms with E-state index in [-0.39, 0.29) is 0 Å². The van der Waals surface area contributed by atoms with E-state index < -0.39 is 45.0 Å². The quantitative estimate of drug-likeness (QED) is 0.628. The summed E-state index contributed by atoms with van der Waals surface area (Å²) in [6, 6.07) is 0.899. The van der Waals surface area contributed by atoms with Crippen LogP contribution in [0.15, 0.2) is 12.1 Å². The summed E-state index contributed by atoms with van der Waals surface area (Å²) >= 11 is 0. The Morgan fingerprint density at radius 1 is 1.24 bits per heavy atom. The maximum atomic E-state index is 12.9. The first-order valence-corrected chi connectivity index (χ1v) is 4.16. The van der Waals surface area contributed by atoms with Gasteiger partial charge in [0.15, 0.2) is 0 Å². The van der Waals surface area contributed by atoms with Gasteiger partial charge in [0.25, 0.3) is 11.4 Å². The molecule has 0 spiro atoms. The van der Waals surface area contributed by atoms with E-state index in [1.807, 2.05) is 0 Å². The lowest BCUT2D eigenvalue weighted by atomic mass is 10.1. The Morgan fingerprint density at radius 2 is 1.65 bits per heavy atom. The normalized spacial score (nSPS) is 9.94. The van der Waals surface area contributed by atoms with Gasteiger partial charge in [-0.2, -0.15) is 0 Å². The van der Waals surface area contributed by atoms with Crippen LogP contribution in [-0.2, 0) is 11.2 Å². The van der Waals surface area contributed by atoms with Crippen molar-refractivity contribution in [1.82, 2.24) is 0 Å². The highest BCUT2D eigenvalue weighted by Crippen LogP contribution is 2.30. The number of rotatable bonds is 4. The van der Waals surface area contributed by atoms with Crippen molar-refractivity contribution in [3.05, 3.63) is 43.7 Å². The minimum Gasteiger partial charge on any atom is -0.481 e. The number of carboxylic acid groups (broad SMARTS) is 1. The molecule has 0 amide bonds. The Labute approximate surface area is 92.6 Å². The van der Waals surface area contributed by atoms with Crippen LogP contribution in [0.1, 0.15) is 5.56 Å². The molecule has 1 aromatic carbocycles. The molecule has 0 saturated carbocycles. The van der Waals surface area contributed by atoms with Gasteiger partial charge in [-0.25, -0.2) is 4.39 Å². The number of hydrogen-bond donors (Lipinski definition) is 1. The van der Waals surface area contributed by atoms with Crippen LogP contribution in [0.5, 0.6) is 0 Å². The standard InChI is InChI=1S/C8H5FN2O6/c9-4-1-6(10(14)15)5(3-8(12)13)7(2-4)11(16)17/h1-2H,3H2,(H,12,13). The van der Waals surface area contributed by atoms with Crippen LogP contribution in [0.3, 0.4) is 0 Å². The molecule has 0 aliphatic carbocycles. The summed E-state index contributed by atoms with van der Waals surface area (Å²) in [6.45, 7) is 0. The van der Waals surface area contributed by atoms with Gasteiger partial charge in [-0.1, -0.05) is 0 Å². The fraction of sp³-hybridized carbons (Fsp3) is 0.125. The van der Waals surface area contributed by atoms with E-state index in [0.717, 1.165) is 0 Å². The number of nitrogens with zero attached hydrogens (tertiary/aromatic N) is 2. The van der Waals surface area contributed by atoms with Crippen LogP contribution in [0.2, 0.25) is 0 Å². The van der Waals surface area contributed by atoms with Crippen LogP contribution < -0.4 is 0 Å². The number of benzene rings is 1.